The van der Waals surface area contributed by atoms with Crippen molar-refractivity contribution in [2.24, 2.45) is 0 Å². The van der Waals surface area contributed by atoms with Gasteiger partial charge in [0.2, 0.25) is 5.76 Å². The molecule has 0 aliphatic carbocycles. The standard InChI is InChI=1S/C15H10F2N2O3/c1-8-2-5-12(22-8)14-13(18-7-21-14)15(20)19-11-4-3-9(16)6-10(11)17/h2-7H,1H3,(H,19,20). The highest BCUT2D eigenvalue weighted by Crippen LogP contribution is 2.26. The molecular weight excluding hydrogens is 294 g/mol. The first kappa shape index (κ1) is 14.0. The monoisotopic (exact) mass is 304 g/mol. The number of nitrogens with zero attached hydrogens (tertiary/aromatic N) is 1. The molecule has 0 saturated carbocycles. The van der Waals surface area contributed by atoms with Gasteiger partial charge in [0.15, 0.2) is 17.8 Å². The summed E-state index contributed by atoms with van der Waals surface area (Å²) in [5, 5.41) is 2.31. The number of rotatable bonds is 3. The topological polar surface area (TPSA) is 68.3 Å². The summed E-state index contributed by atoms with van der Waals surface area (Å²) in [5.74, 6) is -1.20. The number of benzene rings is 1. The Morgan fingerprint density at radius 1 is 1.23 bits per heavy atom. The van der Waals surface area contributed by atoms with E-state index in [-0.39, 0.29) is 17.1 Å². The molecule has 1 aromatic carbocycles. The Morgan fingerprint density at radius 3 is 2.73 bits per heavy atom. The summed E-state index contributed by atoms with van der Waals surface area (Å²) >= 11 is 0. The van der Waals surface area contributed by atoms with Gasteiger partial charge in [-0.2, -0.15) is 0 Å². The van der Waals surface area contributed by atoms with Crippen molar-refractivity contribution in [3.05, 3.63) is 59.8 Å². The number of anilines is 1. The van der Waals surface area contributed by atoms with Crippen molar-refractivity contribution in [2.45, 2.75) is 6.92 Å². The van der Waals surface area contributed by atoms with Crippen LogP contribution in [-0.4, -0.2) is 10.9 Å². The van der Waals surface area contributed by atoms with Crippen LogP contribution < -0.4 is 5.32 Å². The molecule has 0 saturated heterocycles. The molecule has 0 aliphatic rings. The van der Waals surface area contributed by atoms with Crippen molar-refractivity contribution in [1.82, 2.24) is 4.98 Å². The van der Waals surface area contributed by atoms with Gasteiger partial charge in [0.1, 0.15) is 17.4 Å². The van der Waals surface area contributed by atoms with E-state index in [2.05, 4.69) is 10.3 Å². The zero-order valence-corrected chi connectivity index (χ0v) is 11.4. The quantitative estimate of drug-likeness (QED) is 0.799. The first-order valence-electron chi connectivity index (χ1n) is 6.31. The second-order valence-electron chi connectivity index (χ2n) is 4.52. The van der Waals surface area contributed by atoms with Crippen molar-refractivity contribution >= 4 is 11.6 Å². The second-order valence-corrected chi connectivity index (χ2v) is 4.52. The average molecular weight is 304 g/mol. The van der Waals surface area contributed by atoms with Gasteiger partial charge in [-0.3, -0.25) is 4.79 Å². The molecule has 0 radical (unpaired) electrons. The van der Waals surface area contributed by atoms with E-state index in [1.165, 1.54) is 0 Å². The number of oxazole rings is 1. The average Bonchev–Trinajstić information content (AvgIpc) is 3.10. The van der Waals surface area contributed by atoms with Gasteiger partial charge in [-0.1, -0.05) is 0 Å². The molecule has 2 heterocycles. The Kier molecular flexibility index (Phi) is 3.46. The highest BCUT2D eigenvalue weighted by atomic mass is 19.1. The SMILES string of the molecule is Cc1ccc(-c2ocnc2C(=O)Nc2ccc(F)cc2F)o1. The lowest BCUT2D eigenvalue weighted by Gasteiger charge is -2.05. The Labute approximate surface area is 123 Å². The van der Waals surface area contributed by atoms with Gasteiger partial charge in [0, 0.05) is 6.07 Å². The van der Waals surface area contributed by atoms with Gasteiger partial charge < -0.3 is 14.2 Å². The molecule has 1 N–H and O–H groups in total. The maximum atomic E-state index is 13.6. The summed E-state index contributed by atoms with van der Waals surface area (Å²) < 4.78 is 36.9. The Balaban J connectivity index is 1.89. The van der Waals surface area contributed by atoms with Gasteiger partial charge >= 0.3 is 0 Å². The molecule has 0 bridgehead atoms. The fraction of sp³-hybridized carbons (Fsp3) is 0.0667. The Hall–Kier alpha value is -2.96. The smallest absolute Gasteiger partial charge is 0.278 e. The molecule has 3 aromatic rings. The number of aromatic nitrogens is 1. The van der Waals surface area contributed by atoms with Gasteiger partial charge in [0.25, 0.3) is 5.91 Å². The zero-order valence-electron chi connectivity index (χ0n) is 11.4. The lowest BCUT2D eigenvalue weighted by Crippen LogP contribution is -2.14. The normalized spacial score (nSPS) is 10.7. The molecule has 0 spiro atoms. The molecule has 0 aliphatic heterocycles. The third kappa shape index (κ3) is 2.60. The molecule has 5 nitrogen and oxygen atoms in total. The highest BCUT2D eigenvalue weighted by molar-refractivity contribution is 6.06. The van der Waals surface area contributed by atoms with Crippen LogP contribution in [0.15, 0.2) is 45.6 Å². The maximum absolute atomic E-state index is 13.6. The number of halogens is 2. The number of carbonyl (C=O) groups is 1. The number of furan rings is 1. The number of carbonyl (C=O) groups excluding carboxylic acids is 1. The fourth-order valence-electron chi connectivity index (χ4n) is 1.91. The van der Waals surface area contributed by atoms with E-state index in [0.717, 1.165) is 18.5 Å². The summed E-state index contributed by atoms with van der Waals surface area (Å²) in [7, 11) is 0. The molecule has 3 rings (SSSR count). The molecule has 1 amide bonds. The van der Waals surface area contributed by atoms with Gasteiger partial charge in [-0.15, -0.1) is 0 Å². The minimum atomic E-state index is -0.882. The van der Waals surface area contributed by atoms with Gasteiger partial charge in [-0.25, -0.2) is 13.8 Å². The zero-order chi connectivity index (χ0) is 15.7. The Morgan fingerprint density at radius 2 is 2.05 bits per heavy atom. The predicted molar refractivity (Wildman–Crippen MR) is 73.3 cm³/mol. The summed E-state index contributed by atoms with van der Waals surface area (Å²) in [6, 6.07) is 6.18. The van der Waals surface area contributed by atoms with Crippen LogP contribution in [0.4, 0.5) is 14.5 Å². The summed E-state index contributed by atoms with van der Waals surface area (Å²) in [6.45, 7) is 1.74. The molecular formula is C15H10F2N2O3. The van der Waals surface area contributed by atoms with E-state index in [0.29, 0.717) is 17.6 Å². The second kappa shape index (κ2) is 5.44. The minimum Gasteiger partial charge on any atom is -0.458 e. The molecule has 0 unspecified atom stereocenters. The first-order chi connectivity index (χ1) is 10.5. The van der Waals surface area contributed by atoms with Crippen LogP contribution in [0.2, 0.25) is 0 Å². The molecule has 112 valence electrons. The van der Waals surface area contributed by atoms with Crippen LogP contribution in [0.5, 0.6) is 0 Å². The lowest BCUT2D eigenvalue weighted by molar-refractivity contribution is 0.102. The maximum Gasteiger partial charge on any atom is 0.278 e. The third-order valence-electron chi connectivity index (χ3n) is 2.93. The predicted octanol–water partition coefficient (Wildman–Crippen LogP) is 3.77. The van der Waals surface area contributed by atoms with Crippen LogP contribution in [-0.2, 0) is 0 Å². The number of hydrogen-bond donors (Lipinski definition) is 1. The molecule has 7 heteroatoms. The van der Waals surface area contributed by atoms with E-state index in [4.69, 9.17) is 8.83 Å². The van der Waals surface area contributed by atoms with Crippen molar-refractivity contribution in [3.63, 3.8) is 0 Å². The summed E-state index contributed by atoms with van der Waals surface area (Å²) in [4.78, 5) is 16.0. The minimum absolute atomic E-state index is 0.0573. The van der Waals surface area contributed by atoms with E-state index >= 15 is 0 Å². The van der Waals surface area contributed by atoms with Crippen LogP contribution in [0.1, 0.15) is 16.2 Å². The van der Waals surface area contributed by atoms with E-state index < -0.39 is 17.5 Å². The molecule has 2 aromatic heterocycles. The van der Waals surface area contributed by atoms with E-state index in [1.807, 2.05) is 0 Å². The molecule has 0 atom stereocenters. The molecule has 0 fully saturated rings. The van der Waals surface area contributed by atoms with Crippen LogP contribution in [0.25, 0.3) is 11.5 Å². The third-order valence-corrected chi connectivity index (χ3v) is 2.93. The lowest BCUT2D eigenvalue weighted by atomic mass is 10.2. The number of amides is 1. The van der Waals surface area contributed by atoms with Crippen molar-refractivity contribution in [2.75, 3.05) is 5.32 Å². The van der Waals surface area contributed by atoms with Crippen LogP contribution >= 0.6 is 0 Å². The fourth-order valence-corrected chi connectivity index (χ4v) is 1.91. The molecule has 22 heavy (non-hydrogen) atoms. The first-order valence-corrected chi connectivity index (χ1v) is 6.31. The largest absolute Gasteiger partial charge is 0.458 e. The Bertz CT molecular complexity index is 839. The van der Waals surface area contributed by atoms with Gasteiger partial charge in [-0.05, 0) is 31.2 Å². The number of hydrogen-bond acceptors (Lipinski definition) is 4. The van der Waals surface area contributed by atoms with E-state index in [9.17, 15) is 13.6 Å². The van der Waals surface area contributed by atoms with Crippen LogP contribution in [0.3, 0.4) is 0 Å². The van der Waals surface area contributed by atoms with Crippen molar-refractivity contribution in [1.29, 1.82) is 0 Å². The van der Waals surface area contributed by atoms with Crippen molar-refractivity contribution in [3.8, 4) is 11.5 Å². The summed E-state index contributed by atoms with van der Waals surface area (Å²) in [5.41, 5.74) is -0.214. The highest BCUT2D eigenvalue weighted by Gasteiger charge is 2.21. The number of nitrogens with one attached hydrogen (secondary N) is 1. The summed E-state index contributed by atoms with van der Waals surface area (Å²) in [6.07, 6.45) is 1.09. The van der Waals surface area contributed by atoms with E-state index in [1.54, 1.807) is 19.1 Å². The van der Waals surface area contributed by atoms with Gasteiger partial charge in [0.05, 0.1) is 5.69 Å². The van der Waals surface area contributed by atoms with Crippen molar-refractivity contribution < 1.29 is 22.4 Å². The van der Waals surface area contributed by atoms with Crippen LogP contribution in [0, 0.1) is 18.6 Å². The number of aryl methyl sites for hydroxylation is 1.